The Hall–Kier alpha value is -1.22. The lowest BCUT2D eigenvalue weighted by molar-refractivity contribution is 0.878. The summed E-state index contributed by atoms with van der Waals surface area (Å²) in [5.41, 5.74) is 9.32. The van der Waals surface area contributed by atoms with Crippen molar-refractivity contribution in [3.05, 3.63) is 23.8 Å². The molecule has 70 valence electrons. The summed E-state index contributed by atoms with van der Waals surface area (Å²) < 4.78 is 0. The maximum Gasteiger partial charge on any atom is 0.0624 e. The molecule has 0 bridgehead atoms. The van der Waals surface area contributed by atoms with E-state index in [0.29, 0.717) is 6.54 Å². The van der Waals surface area contributed by atoms with E-state index in [1.54, 1.807) is 0 Å². The van der Waals surface area contributed by atoms with Crippen LogP contribution >= 0.6 is 0 Å². The largest absolute Gasteiger partial charge is 0.381 e. The highest BCUT2D eigenvalue weighted by Gasteiger charge is 2.14. The Balaban J connectivity index is 2.48. The van der Waals surface area contributed by atoms with Crippen LogP contribution in [-0.4, -0.2) is 20.1 Å². The zero-order valence-electron chi connectivity index (χ0n) is 7.88. The molecule has 0 aromatic heterocycles. The van der Waals surface area contributed by atoms with Gasteiger partial charge in [-0.3, -0.25) is 0 Å². The minimum atomic E-state index is 0.601. The Kier molecular flexibility index (Phi) is 2.10. The van der Waals surface area contributed by atoms with Crippen LogP contribution < -0.4 is 16.0 Å². The van der Waals surface area contributed by atoms with Crippen LogP contribution in [0.2, 0.25) is 0 Å². The molecule has 1 aromatic carbocycles. The van der Waals surface area contributed by atoms with Gasteiger partial charge in [0.2, 0.25) is 0 Å². The fourth-order valence-corrected chi connectivity index (χ4v) is 1.75. The van der Waals surface area contributed by atoms with E-state index in [2.05, 4.69) is 35.5 Å². The lowest BCUT2D eigenvalue weighted by Crippen LogP contribution is -2.31. The van der Waals surface area contributed by atoms with E-state index in [1.807, 2.05) is 0 Å². The summed E-state index contributed by atoms with van der Waals surface area (Å²) in [6.07, 6.45) is 0. The predicted molar refractivity (Wildman–Crippen MR) is 56.1 cm³/mol. The van der Waals surface area contributed by atoms with Gasteiger partial charge in [-0.1, -0.05) is 12.1 Å². The van der Waals surface area contributed by atoms with Crippen LogP contribution in [0.15, 0.2) is 18.2 Å². The van der Waals surface area contributed by atoms with Crippen molar-refractivity contribution < 1.29 is 0 Å². The van der Waals surface area contributed by atoms with Gasteiger partial charge in [-0.15, -0.1) is 0 Å². The third kappa shape index (κ3) is 1.35. The quantitative estimate of drug-likeness (QED) is 0.672. The molecule has 0 radical (unpaired) electrons. The van der Waals surface area contributed by atoms with Gasteiger partial charge in [-0.2, -0.15) is 0 Å². The average Bonchev–Trinajstić information content (AvgIpc) is 2.18. The van der Waals surface area contributed by atoms with Gasteiger partial charge in [-0.05, 0) is 11.6 Å². The van der Waals surface area contributed by atoms with Crippen molar-refractivity contribution in [2.45, 2.75) is 6.54 Å². The fourth-order valence-electron chi connectivity index (χ4n) is 1.75. The molecule has 0 amide bonds. The molecule has 3 heteroatoms. The molecule has 3 nitrogen and oxygen atoms in total. The van der Waals surface area contributed by atoms with Crippen LogP contribution in [0.3, 0.4) is 0 Å². The molecular weight excluding hydrogens is 162 g/mol. The maximum absolute atomic E-state index is 5.66. The Morgan fingerprint density at radius 3 is 3.15 bits per heavy atom. The number of benzene rings is 1. The lowest BCUT2D eigenvalue weighted by atomic mass is 10.1. The molecule has 3 N–H and O–H groups in total. The van der Waals surface area contributed by atoms with Crippen LogP contribution in [0.4, 0.5) is 11.4 Å². The van der Waals surface area contributed by atoms with Crippen molar-refractivity contribution in [1.29, 1.82) is 0 Å². The second-order valence-corrected chi connectivity index (χ2v) is 3.36. The SMILES string of the molecule is CN1CCNc2c(CN)cccc21. The van der Waals surface area contributed by atoms with Crippen LogP contribution in [0.1, 0.15) is 5.56 Å². The Morgan fingerprint density at radius 1 is 1.54 bits per heavy atom. The van der Waals surface area contributed by atoms with E-state index >= 15 is 0 Å². The molecular formula is C10H15N3. The summed E-state index contributed by atoms with van der Waals surface area (Å²) in [5, 5.41) is 3.39. The number of likely N-dealkylation sites (N-methyl/N-ethyl adjacent to an activating group) is 1. The first-order valence-corrected chi connectivity index (χ1v) is 4.60. The van der Waals surface area contributed by atoms with E-state index in [1.165, 1.54) is 16.9 Å². The van der Waals surface area contributed by atoms with Gasteiger partial charge in [0, 0.05) is 26.7 Å². The zero-order chi connectivity index (χ0) is 9.26. The standard InChI is InChI=1S/C10H15N3/c1-13-6-5-12-10-8(7-11)3-2-4-9(10)13/h2-4,12H,5-7,11H2,1H3. The number of para-hydroxylation sites is 1. The van der Waals surface area contributed by atoms with Crippen molar-refractivity contribution in [2.75, 3.05) is 30.4 Å². The minimum absolute atomic E-state index is 0.601. The highest BCUT2D eigenvalue weighted by molar-refractivity contribution is 5.75. The lowest BCUT2D eigenvalue weighted by Gasteiger charge is -2.29. The molecule has 1 heterocycles. The van der Waals surface area contributed by atoms with Crippen molar-refractivity contribution in [2.24, 2.45) is 5.73 Å². The molecule has 13 heavy (non-hydrogen) atoms. The monoisotopic (exact) mass is 177 g/mol. The second kappa shape index (κ2) is 3.26. The molecule has 0 spiro atoms. The number of hydrogen-bond acceptors (Lipinski definition) is 3. The molecule has 1 aromatic rings. The first kappa shape index (κ1) is 8.38. The van der Waals surface area contributed by atoms with Crippen molar-refractivity contribution in [3.63, 3.8) is 0 Å². The number of nitrogens with two attached hydrogens (primary N) is 1. The summed E-state index contributed by atoms with van der Waals surface area (Å²) >= 11 is 0. The molecule has 1 aliphatic rings. The predicted octanol–water partition coefficient (Wildman–Crippen LogP) is 1.01. The van der Waals surface area contributed by atoms with Gasteiger partial charge in [0.05, 0.1) is 11.4 Å². The molecule has 2 rings (SSSR count). The van der Waals surface area contributed by atoms with Crippen LogP contribution in [0.5, 0.6) is 0 Å². The third-order valence-corrected chi connectivity index (χ3v) is 2.51. The summed E-state index contributed by atoms with van der Waals surface area (Å²) in [7, 11) is 2.11. The fraction of sp³-hybridized carbons (Fsp3) is 0.400. The first-order valence-electron chi connectivity index (χ1n) is 4.60. The Labute approximate surface area is 78.5 Å². The number of nitrogens with one attached hydrogen (secondary N) is 1. The van der Waals surface area contributed by atoms with Crippen molar-refractivity contribution >= 4 is 11.4 Å². The van der Waals surface area contributed by atoms with Crippen LogP contribution in [0, 0.1) is 0 Å². The van der Waals surface area contributed by atoms with Gasteiger partial charge in [0.15, 0.2) is 0 Å². The molecule has 0 unspecified atom stereocenters. The van der Waals surface area contributed by atoms with E-state index in [-0.39, 0.29) is 0 Å². The molecule has 0 saturated carbocycles. The van der Waals surface area contributed by atoms with E-state index in [0.717, 1.165) is 13.1 Å². The van der Waals surface area contributed by atoms with E-state index < -0.39 is 0 Å². The maximum atomic E-state index is 5.66. The molecule has 1 aliphatic heterocycles. The highest BCUT2D eigenvalue weighted by atomic mass is 15.2. The number of fused-ring (bicyclic) bond motifs is 1. The van der Waals surface area contributed by atoms with Gasteiger partial charge >= 0.3 is 0 Å². The van der Waals surface area contributed by atoms with Crippen LogP contribution in [0.25, 0.3) is 0 Å². The number of rotatable bonds is 1. The van der Waals surface area contributed by atoms with Gasteiger partial charge in [0.25, 0.3) is 0 Å². The average molecular weight is 177 g/mol. The zero-order valence-corrected chi connectivity index (χ0v) is 7.88. The topological polar surface area (TPSA) is 41.3 Å². The normalized spacial score (nSPS) is 15.1. The van der Waals surface area contributed by atoms with E-state index in [4.69, 9.17) is 5.73 Å². The molecule has 0 saturated heterocycles. The van der Waals surface area contributed by atoms with Gasteiger partial charge in [-0.25, -0.2) is 0 Å². The molecule has 0 fully saturated rings. The summed E-state index contributed by atoms with van der Waals surface area (Å²) in [6, 6.07) is 6.26. The van der Waals surface area contributed by atoms with Crippen molar-refractivity contribution in [3.8, 4) is 0 Å². The Morgan fingerprint density at radius 2 is 2.38 bits per heavy atom. The smallest absolute Gasteiger partial charge is 0.0624 e. The highest BCUT2D eigenvalue weighted by Crippen LogP contribution is 2.30. The third-order valence-electron chi connectivity index (χ3n) is 2.51. The molecule has 0 atom stereocenters. The summed E-state index contributed by atoms with van der Waals surface area (Å²) in [5.74, 6) is 0. The number of anilines is 2. The first-order chi connectivity index (χ1) is 6.33. The Bertz CT molecular complexity index is 309. The summed E-state index contributed by atoms with van der Waals surface area (Å²) in [4.78, 5) is 2.25. The van der Waals surface area contributed by atoms with Crippen molar-refractivity contribution in [1.82, 2.24) is 0 Å². The second-order valence-electron chi connectivity index (χ2n) is 3.36. The van der Waals surface area contributed by atoms with Gasteiger partial charge < -0.3 is 16.0 Å². The number of nitrogens with zero attached hydrogens (tertiary/aromatic N) is 1. The summed E-state index contributed by atoms with van der Waals surface area (Å²) in [6.45, 7) is 2.66. The molecule has 0 aliphatic carbocycles. The van der Waals surface area contributed by atoms with Crippen LogP contribution in [-0.2, 0) is 6.54 Å². The minimum Gasteiger partial charge on any atom is -0.381 e. The number of hydrogen-bond donors (Lipinski definition) is 2. The van der Waals surface area contributed by atoms with Gasteiger partial charge in [0.1, 0.15) is 0 Å². The van der Waals surface area contributed by atoms with E-state index in [9.17, 15) is 0 Å².